The summed E-state index contributed by atoms with van der Waals surface area (Å²) in [6, 6.07) is 0. The molecule has 1 atom stereocenters. The van der Waals surface area contributed by atoms with Crippen molar-refractivity contribution >= 4 is 17.9 Å². The molecule has 0 aromatic heterocycles. The van der Waals surface area contributed by atoms with Crippen molar-refractivity contribution in [3.8, 4) is 0 Å². The Hall–Kier alpha value is -3.93. The SMILES string of the molecule is CC/C=C\C/C=C\C/C=C\C/C=C\C/C=C\C/C=C\CCCCCCCCCCCCCCC(=O)OCC(COC(=O)CCCCCCC/C=C\C/C=C\CCC)OC(=O)CCCCCCC/C=C\CCCCCCCC. The van der Waals surface area contributed by atoms with Crippen LogP contribution in [0.15, 0.2) is 109 Å². The van der Waals surface area contributed by atoms with Crippen molar-refractivity contribution in [2.75, 3.05) is 13.2 Å². The molecule has 0 bridgehead atoms. The lowest BCUT2D eigenvalue weighted by molar-refractivity contribution is -0.167. The van der Waals surface area contributed by atoms with Crippen LogP contribution in [0.4, 0.5) is 0 Å². The number of carbonyl (C=O) groups is 3. The lowest BCUT2D eigenvalue weighted by Gasteiger charge is -2.18. The van der Waals surface area contributed by atoms with Gasteiger partial charge in [0, 0.05) is 19.3 Å². The van der Waals surface area contributed by atoms with Crippen LogP contribution in [0.25, 0.3) is 0 Å². The molecule has 6 heteroatoms. The van der Waals surface area contributed by atoms with E-state index in [4.69, 9.17) is 14.2 Å². The predicted molar refractivity (Wildman–Crippen MR) is 334 cm³/mol. The summed E-state index contributed by atoms with van der Waals surface area (Å²) in [7, 11) is 0. The Labute approximate surface area is 476 Å². The van der Waals surface area contributed by atoms with Gasteiger partial charge in [-0.25, -0.2) is 0 Å². The first kappa shape index (κ1) is 73.1. The highest BCUT2D eigenvalue weighted by atomic mass is 16.6. The van der Waals surface area contributed by atoms with Crippen LogP contribution in [-0.4, -0.2) is 37.2 Å². The normalized spacial score (nSPS) is 12.8. The van der Waals surface area contributed by atoms with E-state index in [0.29, 0.717) is 19.3 Å². The molecule has 0 rings (SSSR count). The summed E-state index contributed by atoms with van der Waals surface area (Å²) in [4.78, 5) is 38.3. The van der Waals surface area contributed by atoms with Gasteiger partial charge in [-0.2, -0.15) is 0 Å². The van der Waals surface area contributed by atoms with Crippen molar-refractivity contribution in [1.82, 2.24) is 0 Å². The minimum Gasteiger partial charge on any atom is -0.462 e. The average molecular weight is 1070 g/mol. The third-order valence-corrected chi connectivity index (χ3v) is 13.7. The second-order valence-electron chi connectivity index (χ2n) is 21.3. The van der Waals surface area contributed by atoms with Crippen molar-refractivity contribution in [3.05, 3.63) is 109 Å². The fourth-order valence-corrected chi connectivity index (χ4v) is 8.89. The maximum atomic E-state index is 12.9. The van der Waals surface area contributed by atoms with Crippen molar-refractivity contribution < 1.29 is 28.6 Å². The molecule has 6 nitrogen and oxygen atoms in total. The number of allylic oxidation sites excluding steroid dienone is 18. The average Bonchev–Trinajstić information content (AvgIpc) is 3.43. The summed E-state index contributed by atoms with van der Waals surface area (Å²) in [5.74, 6) is -0.904. The summed E-state index contributed by atoms with van der Waals surface area (Å²) in [5.41, 5.74) is 0. The summed E-state index contributed by atoms with van der Waals surface area (Å²) >= 11 is 0. The smallest absolute Gasteiger partial charge is 0.306 e. The molecule has 77 heavy (non-hydrogen) atoms. The molecule has 0 heterocycles. The highest BCUT2D eigenvalue weighted by molar-refractivity contribution is 5.71. The standard InChI is InChI=1S/C71H120O6/c1-4-7-10-13-16-19-22-25-27-28-29-30-31-32-33-34-35-36-37-38-39-40-41-42-44-46-49-52-55-58-61-64-70(73)76-67-68(66-75-69(72)63-60-57-54-51-48-45-24-21-18-15-12-9-6-3)77-71(74)65-62-59-56-53-50-47-43-26-23-20-17-14-11-8-5-2/h7,10,12,15-16,19,21,24-27,29-30,32-33,35-36,43,68H,4-6,8-9,11,13-14,17-18,20,22-23,28,31,34,37-42,44-67H2,1-3H3/b10-7-,15-12-,19-16-,24-21-,27-25-,30-29-,33-32-,36-35-,43-26-. The maximum absolute atomic E-state index is 12.9. The Bertz CT molecular complexity index is 1560. The second kappa shape index (κ2) is 64.6. The number of ether oxygens (including phenoxy) is 3. The van der Waals surface area contributed by atoms with Crippen LogP contribution in [0.1, 0.15) is 303 Å². The highest BCUT2D eigenvalue weighted by Gasteiger charge is 2.19. The van der Waals surface area contributed by atoms with Gasteiger partial charge in [-0.1, -0.05) is 271 Å². The van der Waals surface area contributed by atoms with E-state index in [1.54, 1.807) is 0 Å². The molecule has 0 aliphatic heterocycles. The van der Waals surface area contributed by atoms with E-state index < -0.39 is 6.10 Å². The van der Waals surface area contributed by atoms with Crippen LogP contribution in [0.2, 0.25) is 0 Å². The number of unbranched alkanes of at least 4 members (excludes halogenated alkanes) is 29. The molecule has 0 amide bonds. The van der Waals surface area contributed by atoms with Crippen molar-refractivity contribution in [1.29, 1.82) is 0 Å². The molecule has 0 saturated carbocycles. The molecule has 0 aromatic rings. The Balaban J connectivity index is 4.24. The topological polar surface area (TPSA) is 78.9 Å². The van der Waals surface area contributed by atoms with Crippen molar-refractivity contribution in [2.24, 2.45) is 0 Å². The van der Waals surface area contributed by atoms with E-state index >= 15 is 0 Å². The lowest BCUT2D eigenvalue weighted by Crippen LogP contribution is -2.30. The molecule has 0 aliphatic rings. The van der Waals surface area contributed by atoms with E-state index in [0.717, 1.165) is 141 Å². The van der Waals surface area contributed by atoms with Crippen molar-refractivity contribution in [3.63, 3.8) is 0 Å². The fourth-order valence-electron chi connectivity index (χ4n) is 8.89. The maximum Gasteiger partial charge on any atom is 0.306 e. The molecule has 0 aromatic carbocycles. The quantitative estimate of drug-likeness (QED) is 0.0261. The number of rotatable bonds is 58. The van der Waals surface area contributed by atoms with Gasteiger partial charge < -0.3 is 14.2 Å². The van der Waals surface area contributed by atoms with Crippen molar-refractivity contribution in [2.45, 2.75) is 309 Å². The Kier molecular flexibility index (Phi) is 61.3. The third-order valence-electron chi connectivity index (χ3n) is 13.7. The van der Waals surface area contributed by atoms with Crippen LogP contribution >= 0.6 is 0 Å². The van der Waals surface area contributed by atoms with Gasteiger partial charge in [0.25, 0.3) is 0 Å². The molecule has 0 aliphatic carbocycles. The lowest BCUT2D eigenvalue weighted by atomic mass is 10.0. The van der Waals surface area contributed by atoms with Gasteiger partial charge in [0.05, 0.1) is 0 Å². The van der Waals surface area contributed by atoms with E-state index in [-0.39, 0.29) is 31.1 Å². The predicted octanol–water partition coefficient (Wildman–Crippen LogP) is 22.2. The minimum absolute atomic E-state index is 0.0861. The van der Waals surface area contributed by atoms with Gasteiger partial charge in [0.1, 0.15) is 13.2 Å². The molecule has 0 N–H and O–H groups in total. The Morgan fingerprint density at radius 1 is 0.273 bits per heavy atom. The van der Waals surface area contributed by atoms with E-state index in [1.807, 2.05) is 0 Å². The zero-order chi connectivity index (χ0) is 55.7. The molecular weight excluding hydrogens is 949 g/mol. The van der Waals surface area contributed by atoms with E-state index in [1.165, 1.54) is 122 Å². The molecular formula is C71H120O6. The first-order chi connectivity index (χ1) is 38.0. The summed E-state index contributed by atoms with van der Waals surface area (Å²) in [5, 5.41) is 0. The fraction of sp³-hybridized carbons (Fsp3) is 0.704. The Morgan fingerprint density at radius 3 is 0.857 bits per heavy atom. The highest BCUT2D eigenvalue weighted by Crippen LogP contribution is 2.16. The number of carbonyl (C=O) groups excluding carboxylic acids is 3. The van der Waals surface area contributed by atoms with E-state index in [9.17, 15) is 14.4 Å². The van der Waals surface area contributed by atoms with Crippen LogP contribution < -0.4 is 0 Å². The number of hydrogen-bond donors (Lipinski definition) is 0. The molecule has 0 saturated heterocycles. The van der Waals surface area contributed by atoms with Crippen LogP contribution in [0.3, 0.4) is 0 Å². The second-order valence-corrected chi connectivity index (χ2v) is 21.3. The first-order valence-corrected chi connectivity index (χ1v) is 32.4. The summed E-state index contributed by atoms with van der Waals surface area (Å²) < 4.78 is 16.9. The molecule has 440 valence electrons. The summed E-state index contributed by atoms with van der Waals surface area (Å²) in [6.45, 7) is 6.45. The van der Waals surface area contributed by atoms with Crippen LogP contribution in [0.5, 0.6) is 0 Å². The van der Waals surface area contributed by atoms with Gasteiger partial charge in [0.2, 0.25) is 0 Å². The minimum atomic E-state index is -0.790. The first-order valence-electron chi connectivity index (χ1n) is 32.4. The van der Waals surface area contributed by atoms with Gasteiger partial charge in [-0.05, 0) is 122 Å². The van der Waals surface area contributed by atoms with Crippen LogP contribution in [-0.2, 0) is 28.6 Å². The van der Waals surface area contributed by atoms with Gasteiger partial charge in [-0.15, -0.1) is 0 Å². The zero-order valence-corrected chi connectivity index (χ0v) is 50.4. The largest absolute Gasteiger partial charge is 0.462 e. The van der Waals surface area contributed by atoms with E-state index in [2.05, 4.69) is 130 Å². The third kappa shape index (κ3) is 62.8. The van der Waals surface area contributed by atoms with Gasteiger partial charge in [-0.3, -0.25) is 14.4 Å². The Morgan fingerprint density at radius 2 is 0.532 bits per heavy atom. The summed E-state index contributed by atoms with van der Waals surface area (Å²) in [6.07, 6.45) is 88.1. The number of esters is 3. The molecule has 0 radical (unpaired) electrons. The monoisotopic (exact) mass is 1070 g/mol. The number of hydrogen-bond acceptors (Lipinski definition) is 6. The molecule has 1 unspecified atom stereocenters. The molecule has 0 spiro atoms. The van der Waals surface area contributed by atoms with Gasteiger partial charge in [0.15, 0.2) is 6.10 Å². The zero-order valence-electron chi connectivity index (χ0n) is 50.4. The van der Waals surface area contributed by atoms with Gasteiger partial charge >= 0.3 is 17.9 Å². The van der Waals surface area contributed by atoms with Crippen LogP contribution in [0, 0.1) is 0 Å². The molecule has 0 fully saturated rings.